The number of halogens is 2. The van der Waals surface area contributed by atoms with Crippen molar-refractivity contribution in [3.63, 3.8) is 0 Å². The van der Waals surface area contributed by atoms with Crippen molar-refractivity contribution in [1.29, 1.82) is 0 Å². The summed E-state index contributed by atoms with van der Waals surface area (Å²) in [5.74, 6) is 0.520. The molecule has 2 atom stereocenters. The van der Waals surface area contributed by atoms with E-state index in [-0.39, 0.29) is 0 Å². The zero-order valence-corrected chi connectivity index (χ0v) is 17.2. The first kappa shape index (κ1) is 16.2. The Balaban J connectivity index is 2.24. The first-order valence-electron chi connectivity index (χ1n) is 7.07. The lowest BCUT2D eigenvalue weighted by Gasteiger charge is -2.25. The van der Waals surface area contributed by atoms with Crippen molar-refractivity contribution in [3.8, 4) is 0 Å². The maximum atomic E-state index is 3.82. The van der Waals surface area contributed by atoms with E-state index in [1.807, 2.05) is 23.5 Å². The van der Waals surface area contributed by atoms with Crippen molar-refractivity contribution >= 4 is 55.4 Å². The third-order valence-corrected chi connectivity index (χ3v) is 8.22. The zero-order chi connectivity index (χ0) is 15.1. The minimum absolute atomic E-state index is 0.435. The van der Waals surface area contributed by atoms with Crippen LogP contribution < -0.4 is 0 Å². The Hall–Kier alpha value is 0.360. The molecule has 3 aliphatic carbocycles. The summed E-state index contributed by atoms with van der Waals surface area (Å²) in [6, 6.07) is 0. The van der Waals surface area contributed by atoms with Crippen LogP contribution >= 0.6 is 55.4 Å². The summed E-state index contributed by atoms with van der Waals surface area (Å²) in [7, 11) is 0. The fourth-order valence-electron chi connectivity index (χ4n) is 3.32. The van der Waals surface area contributed by atoms with Gasteiger partial charge in [0.15, 0.2) is 0 Å². The minimum Gasteiger partial charge on any atom is -0.122 e. The van der Waals surface area contributed by atoms with Gasteiger partial charge in [-0.05, 0) is 64.1 Å². The summed E-state index contributed by atoms with van der Waals surface area (Å²) >= 11 is 11.3. The van der Waals surface area contributed by atoms with Gasteiger partial charge in [-0.25, -0.2) is 0 Å². The molecule has 0 aliphatic heterocycles. The van der Waals surface area contributed by atoms with E-state index in [1.54, 1.807) is 11.1 Å². The second-order valence-electron chi connectivity index (χ2n) is 5.47. The highest BCUT2D eigenvalue weighted by Crippen LogP contribution is 2.53. The minimum atomic E-state index is 0.435. The predicted molar refractivity (Wildman–Crippen MR) is 105 cm³/mol. The molecule has 0 N–H and O–H groups in total. The van der Waals surface area contributed by atoms with Gasteiger partial charge < -0.3 is 0 Å². The standard InChI is InChI=1S/C17H18Br2S2/c1-9-14(19)7-6-12-11-5-4-10(18)8-13(11)16(15(9)12)17(20-2)21-3/h6-9,14H,4-5H2,1-3H3. The average Bonchev–Trinajstić information content (AvgIpc) is 2.79. The number of hydrogen-bond donors (Lipinski definition) is 0. The summed E-state index contributed by atoms with van der Waals surface area (Å²) in [6.07, 6.45) is 13.6. The molecule has 0 spiro atoms. The Labute approximate surface area is 152 Å². The van der Waals surface area contributed by atoms with Gasteiger partial charge in [0, 0.05) is 14.6 Å². The van der Waals surface area contributed by atoms with E-state index in [4.69, 9.17) is 0 Å². The largest absolute Gasteiger partial charge is 0.122 e. The monoisotopic (exact) mass is 444 g/mol. The fraction of sp³-hybridized carbons (Fsp3) is 0.412. The fourth-order valence-corrected chi connectivity index (χ4v) is 5.68. The third-order valence-electron chi connectivity index (χ3n) is 4.35. The summed E-state index contributed by atoms with van der Waals surface area (Å²) < 4.78 is 2.76. The molecule has 21 heavy (non-hydrogen) atoms. The molecular formula is C17H18Br2S2. The molecule has 0 bridgehead atoms. The smallest absolute Gasteiger partial charge is 0.0477 e. The van der Waals surface area contributed by atoms with Gasteiger partial charge in [-0.2, -0.15) is 0 Å². The Morgan fingerprint density at radius 3 is 2.57 bits per heavy atom. The van der Waals surface area contributed by atoms with Crippen molar-refractivity contribution in [2.75, 3.05) is 12.5 Å². The quantitative estimate of drug-likeness (QED) is 0.440. The van der Waals surface area contributed by atoms with E-state index >= 15 is 0 Å². The summed E-state index contributed by atoms with van der Waals surface area (Å²) in [5, 5.41) is 0. The molecule has 4 heteroatoms. The second kappa shape index (κ2) is 6.46. The van der Waals surface area contributed by atoms with Crippen molar-refractivity contribution in [2.24, 2.45) is 5.92 Å². The highest BCUT2D eigenvalue weighted by Gasteiger charge is 2.36. The number of alkyl halides is 1. The van der Waals surface area contributed by atoms with Gasteiger partial charge in [0.2, 0.25) is 0 Å². The molecule has 0 aromatic carbocycles. The van der Waals surface area contributed by atoms with E-state index in [9.17, 15) is 0 Å². The van der Waals surface area contributed by atoms with Crippen molar-refractivity contribution in [1.82, 2.24) is 0 Å². The van der Waals surface area contributed by atoms with Crippen LogP contribution in [0.5, 0.6) is 0 Å². The molecule has 0 nitrogen and oxygen atoms in total. The molecule has 0 aromatic heterocycles. The molecule has 3 rings (SSSR count). The van der Waals surface area contributed by atoms with Gasteiger partial charge >= 0.3 is 0 Å². The molecule has 0 saturated carbocycles. The predicted octanol–water partition coefficient (Wildman–Crippen LogP) is 6.57. The molecule has 0 saturated heterocycles. The van der Waals surface area contributed by atoms with Gasteiger partial charge in [0.1, 0.15) is 0 Å². The number of rotatable bonds is 2. The highest BCUT2D eigenvalue weighted by molar-refractivity contribution is 9.11. The lowest BCUT2D eigenvalue weighted by molar-refractivity contribution is 0.717. The zero-order valence-electron chi connectivity index (χ0n) is 12.4. The molecule has 3 aliphatic rings. The molecule has 0 radical (unpaired) electrons. The maximum Gasteiger partial charge on any atom is 0.0477 e. The Bertz CT molecular complexity index is 629. The number of hydrogen-bond acceptors (Lipinski definition) is 2. The van der Waals surface area contributed by atoms with Crippen molar-refractivity contribution < 1.29 is 0 Å². The molecule has 0 fully saturated rings. The van der Waals surface area contributed by atoms with Gasteiger partial charge in [-0.1, -0.05) is 50.9 Å². The first-order valence-corrected chi connectivity index (χ1v) is 11.2. The van der Waals surface area contributed by atoms with Crippen LogP contribution in [0.1, 0.15) is 19.8 Å². The topological polar surface area (TPSA) is 0 Å². The highest BCUT2D eigenvalue weighted by atomic mass is 79.9. The number of thioether (sulfide) groups is 2. The van der Waals surface area contributed by atoms with Crippen molar-refractivity contribution in [3.05, 3.63) is 54.8 Å². The van der Waals surface area contributed by atoms with E-state index in [1.165, 1.54) is 25.4 Å². The van der Waals surface area contributed by atoms with Crippen molar-refractivity contribution in [2.45, 2.75) is 24.6 Å². The first-order chi connectivity index (χ1) is 10.1. The SMILES string of the molecule is CSC(SC)=C1C2=C(CCC(Br)=C2)C2=C1C(C)C(Br)C=C2. The van der Waals surface area contributed by atoms with Crippen LogP contribution in [-0.4, -0.2) is 17.3 Å². The second-order valence-corrected chi connectivity index (χ2v) is 9.44. The van der Waals surface area contributed by atoms with E-state index < -0.39 is 0 Å². The van der Waals surface area contributed by atoms with E-state index in [0.717, 1.165) is 12.8 Å². The van der Waals surface area contributed by atoms with Gasteiger partial charge in [0.25, 0.3) is 0 Å². The molecule has 0 heterocycles. The van der Waals surface area contributed by atoms with Gasteiger partial charge in [0.05, 0.1) is 0 Å². The third kappa shape index (κ3) is 2.71. The number of fused-ring (bicyclic) bond motifs is 1. The average molecular weight is 446 g/mol. The Morgan fingerprint density at radius 2 is 1.90 bits per heavy atom. The molecule has 2 unspecified atom stereocenters. The van der Waals surface area contributed by atoms with E-state index in [2.05, 4.69) is 69.5 Å². The summed E-state index contributed by atoms with van der Waals surface area (Å²) in [6.45, 7) is 2.34. The van der Waals surface area contributed by atoms with Crippen LogP contribution in [0.25, 0.3) is 0 Å². The van der Waals surface area contributed by atoms with Crippen LogP contribution in [-0.2, 0) is 0 Å². The normalized spacial score (nSPS) is 27.9. The van der Waals surface area contributed by atoms with Crippen LogP contribution in [0.3, 0.4) is 0 Å². The Morgan fingerprint density at radius 1 is 1.19 bits per heavy atom. The lowest BCUT2D eigenvalue weighted by atomic mass is 9.86. The van der Waals surface area contributed by atoms with Crippen LogP contribution in [0.15, 0.2) is 54.8 Å². The van der Waals surface area contributed by atoms with Crippen LogP contribution in [0.2, 0.25) is 0 Å². The molecular weight excluding hydrogens is 428 g/mol. The van der Waals surface area contributed by atoms with Gasteiger partial charge in [-0.15, -0.1) is 23.5 Å². The molecule has 112 valence electrons. The number of allylic oxidation sites excluding steroid dienone is 9. The van der Waals surface area contributed by atoms with E-state index in [0.29, 0.717) is 10.7 Å². The van der Waals surface area contributed by atoms with Gasteiger partial charge in [-0.3, -0.25) is 0 Å². The lowest BCUT2D eigenvalue weighted by Crippen LogP contribution is -2.16. The Kier molecular flexibility index (Phi) is 4.99. The van der Waals surface area contributed by atoms with Crippen LogP contribution in [0.4, 0.5) is 0 Å². The maximum absolute atomic E-state index is 3.82. The van der Waals surface area contributed by atoms with Crippen LogP contribution in [0, 0.1) is 5.92 Å². The molecule has 0 aromatic rings. The summed E-state index contributed by atoms with van der Waals surface area (Å²) in [4.78, 5) is 0.435. The summed E-state index contributed by atoms with van der Waals surface area (Å²) in [5.41, 5.74) is 7.51. The molecule has 0 amide bonds.